The first-order chi connectivity index (χ1) is 18.8. The largest absolute Gasteiger partial charge is 0.353 e. The summed E-state index contributed by atoms with van der Waals surface area (Å²) in [4.78, 5) is 42.8. The number of piperidine rings is 1. The van der Waals surface area contributed by atoms with Gasteiger partial charge in [-0.25, -0.2) is 4.99 Å². The molecule has 2 unspecified atom stereocenters. The van der Waals surface area contributed by atoms with Crippen molar-refractivity contribution in [2.24, 2.45) is 23.3 Å². The van der Waals surface area contributed by atoms with Gasteiger partial charge in [-0.3, -0.25) is 25.9 Å². The molecule has 4 rings (SSSR count). The molecule has 0 aromatic heterocycles. The minimum Gasteiger partial charge on any atom is -0.353 e. The maximum atomic E-state index is 13.0. The van der Waals surface area contributed by atoms with Crippen LogP contribution in [0.1, 0.15) is 81.5 Å². The Morgan fingerprint density at radius 2 is 1.33 bits per heavy atom. The van der Waals surface area contributed by atoms with Gasteiger partial charge in [0.1, 0.15) is 0 Å². The van der Waals surface area contributed by atoms with Gasteiger partial charge in [0.25, 0.3) is 5.91 Å². The van der Waals surface area contributed by atoms with Crippen LogP contribution < -0.4 is 37.3 Å². The van der Waals surface area contributed by atoms with Gasteiger partial charge < -0.3 is 20.9 Å². The van der Waals surface area contributed by atoms with E-state index in [2.05, 4.69) is 27.9 Å². The summed E-state index contributed by atoms with van der Waals surface area (Å²) in [6.07, 6.45) is 8.75. The number of likely N-dealkylation sites (tertiary alicyclic amines) is 1. The lowest BCUT2D eigenvalue weighted by molar-refractivity contribution is -0.904. The fraction of sp³-hybridized carbons (Fsp3) is 0.655. The lowest BCUT2D eigenvalue weighted by Gasteiger charge is -2.33. The molecule has 214 valence electrons. The van der Waals surface area contributed by atoms with Crippen LogP contribution in [0.4, 0.5) is 5.69 Å². The highest BCUT2D eigenvalue weighted by Crippen LogP contribution is 2.28. The number of rotatable bonds is 8. The van der Waals surface area contributed by atoms with Crippen molar-refractivity contribution < 1.29 is 24.3 Å². The second kappa shape index (κ2) is 13.8. The molecule has 1 aromatic carbocycles. The van der Waals surface area contributed by atoms with Gasteiger partial charge in [-0.2, -0.15) is 0 Å². The standard InChI is InChI=1S/C29H45N7O3/c1-2-36-17-3-4-25(18-36)34-28(39)21-7-13-23(14-8-21)32-26(37)19-5-11-22(12-6-19)33-27(38)20-9-15-24(16-10-20)35-29(30)31/h9-10,15-16,19,21-23,25H,2-8,11-14,17-18H2,1H3,(H,32,37)(H,33,38)(H,34,39)(H4,30,31,35)/p+2. The molecule has 0 radical (unpaired) electrons. The lowest BCUT2D eigenvalue weighted by Crippen LogP contribution is -3.14. The van der Waals surface area contributed by atoms with E-state index in [4.69, 9.17) is 11.5 Å². The van der Waals surface area contributed by atoms with Crippen molar-refractivity contribution in [2.45, 2.75) is 89.3 Å². The number of hydrogen-bond donors (Lipinski definition) is 7. The Labute approximate surface area is 231 Å². The van der Waals surface area contributed by atoms with Gasteiger partial charge in [0.05, 0.1) is 31.4 Å². The third-order valence-corrected chi connectivity index (χ3v) is 8.78. The summed E-state index contributed by atoms with van der Waals surface area (Å²) in [7, 11) is 0. The van der Waals surface area contributed by atoms with E-state index in [-0.39, 0.29) is 47.6 Å². The van der Waals surface area contributed by atoms with E-state index in [0.29, 0.717) is 11.6 Å². The highest BCUT2D eigenvalue weighted by molar-refractivity contribution is 5.94. The molecule has 2 aliphatic carbocycles. The van der Waals surface area contributed by atoms with Crippen molar-refractivity contribution in [3.05, 3.63) is 29.8 Å². The zero-order valence-electron chi connectivity index (χ0n) is 23.3. The van der Waals surface area contributed by atoms with E-state index in [1.165, 1.54) is 13.0 Å². The van der Waals surface area contributed by atoms with Crippen LogP contribution in [-0.2, 0) is 9.59 Å². The van der Waals surface area contributed by atoms with Gasteiger partial charge in [0.2, 0.25) is 11.8 Å². The molecule has 9 N–H and O–H groups in total. The van der Waals surface area contributed by atoms with Crippen LogP contribution in [0.5, 0.6) is 0 Å². The maximum Gasteiger partial charge on any atom is 0.343 e. The summed E-state index contributed by atoms with van der Waals surface area (Å²) in [5.41, 5.74) is 12.2. The second-order valence-corrected chi connectivity index (χ2v) is 11.6. The van der Waals surface area contributed by atoms with Crippen LogP contribution >= 0.6 is 0 Å². The van der Waals surface area contributed by atoms with Gasteiger partial charge in [0, 0.05) is 29.5 Å². The molecule has 2 saturated carbocycles. The van der Waals surface area contributed by atoms with Crippen molar-refractivity contribution >= 4 is 29.4 Å². The smallest absolute Gasteiger partial charge is 0.343 e. The van der Waals surface area contributed by atoms with Crippen LogP contribution in [0.3, 0.4) is 0 Å². The Morgan fingerprint density at radius 1 is 0.795 bits per heavy atom. The molecule has 10 nitrogen and oxygen atoms in total. The van der Waals surface area contributed by atoms with Crippen molar-refractivity contribution in [3.8, 4) is 0 Å². The van der Waals surface area contributed by atoms with Gasteiger partial charge >= 0.3 is 5.96 Å². The van der Waals surface area contributed by atoms with E-state index < -0.39 is 0 Å². The number of carbonyl (C=O) groups is 3. The Kier molecular flexibility index (Phi) is 10.2. The lowest BCUT2D eigenvalue weighted by atomic mass is 9.83. The molecule has 1 aliphatic heterocycles. The maximum absolute atomic E-state index is 13.0. The molecule has 0 bridgehead atoms. The first kappa shape index (κ1) is 28.9. The number of likely N-dealkylation sites (N-methyl/N-ethyl adjacent to an activating group) is 1. The molecule has 2 atom stereocenters. The fourth-order valence-electron chi connectivity index (χ4n) is 6.37. The zero-order valence-corrected chi connectivity index (χ0v) is 23.3. The monoisotopic (exact) mass is 541 g/mol. The Balaban J connectivity index is 1.14. The molecule has 1 aromatic rings. The van der Waals surface area contributed by atoms with E-state index >= 15 is 0 Å². The van der Waals surface area contributed by atoms with E-state index in [1.54, 1.807) is 29.2 Å². The van der Waals surface area contributed by atoms with E-state index in [0.717, 1.165) is 76.6 Å². The first-order valence-electron chi connectivity index (χ1n) is 14.8. The normalized spacial score (nSPS) is 29.1. The SMILES string of the molecule is CC[NH+]1CCCC(NC(=O)C2CCC(NC(=O)C3CCC(NC(=O)c4ccc([NH+]=C(N)N)cc4)CC3)CC2)C1. The molecule has 1 saturated heterocycles. The topological polar surface area (TPSA) is 158 Å². The first-order valence-corrected chi connectivity index (χ1v) is 14.8. The van der Waals surface area contributed by atoms with Crippen LogP contribution in [0.25, 0.3) is 0 Å². The molecule has 39 heavy (non-hydrogen) atoms. The number of guanidine groups is 1. The Morgan fingerprint density at radius 3 is 1.87 bits per heavy atom. The summed E-state index contributed by atoms with van der Waals surface area (Å²) in [5, 5.41) is 9.67. The molecular weight excluding hydrogens is 494 g/mol. The predicted octanol–water partition coefficient (Wildman–Crippen LogP) is -1.18. The fourth-order valence-corrected chi connectivity index (χ4v) is 6.37. The summed E-state index contributed by atoms with van der Waals surface area (Å²) in [6.45, 7) is 5.57. The van der Waals surface area contributed by atoms with Gasteiger partial charge in [0.15, 0.2) is 0 Å². The van der Waals surface area contributed by atoms with Gasteiger partial charge in [-0.05, 0) is 95.4 Å². The van der Waals surface area contributed by atoms with Crippen LogP contribution in [0.15, 0.2) is 24.3 Å². The molecule has 3 fully saturated rings. The molecule has 0 spiro atoms. The molecule has 1 heterocycles. The van der Waals surface area contributed by atoms with Gasteiger partial charge in [-0.15, -0.1) is 0 Å². The summed E-state index contributed by atoms with van der Waals surface area (Å²) in [5.74, 6) is 0.354. The molecular formula is C29H47N7O3+2. The average Bonchev–Trinajstić information content (AvgIpc) is 2.94. The van der Waals surface area contributed by atoms with Crippen molar-refractivity contribution in [3.63, 3.8) is 0 Å². The minimum absolute atomic E-state index is 0.0159. The number of amides is 3. The summed E-state index contributed by atoms with van der Waals surface area (Å²) < 4.78 is 0. The molecule has 3 amide bonds. The minimum atomic E-state index is -0.118. The van der Waals surface area contributed by atoms with Crippen molar-refractivity contribution in [1.29, 1.82) is 0 Å². The molecule has 3 aliphatic rings. The quantitative estimate of drug-likeness (QED) is 0.163. The average molecular weight is 542 g/mol. The highest BCUT2D eigenvalue weighted by Gasteiger charge is 2.32. The zero-order chi connectivity index (χ0) is 27.8. The van der Waals surface area contributed by atoms with Crippen LogP contribution in [0.2, 0.25) is 0 Å². The Bertz CT molecular complexity index is 1010. The number of hydrogen-bond acceptors (Lipinski definition) is 3. The molecule has 10 heteroatoms. The third kappa shape index (κ3) is 8.42. The summed E-state index contributed by atoms with van der Waals surface area (Å²) in [6, 6.07) is 7.50. The number of nitrogens with two attached hydrogens (primary N) is 2. The van der Waals surface area contributed by atoms with Crippen LogP contribution in [0, 0.1) is 11.8 Å². The van der Waals surface area contributed by atoms with Gasteiger partial charge in [-0.1, -0.05) is 0 Å². The summed E-state index contributed by atoms with van der Waals surface area (Å²) >= 11 is 0. The van der Waals surface area contributed by atoms with E-state index in [9.17, 15) is 14.4 Å². The number of nitrogens with one attached hydrogen (secondary N) is 5. The second-order valence-electron chi connectivity index (χ2n) is 11.6. The van der Waals surface area contributed by atoms with Crippen LogP contribution in [-0.4, -0.2) is 61.4 Å². The van der Waals surface area contributed by atoms with Crippen molar-refractivity contribution in [1.82, 2.24) is 16.0 Å². The van der Waals surface area contributed by atoms with E-state index in [1.807, 2.05) is 0 Å². The number of carbonyl (C=O) groups excluding carboxylic acids is 3. The Hall–Kier alpha value is -3.14. The van der Waals surface area contributed by atoms with Crippen molar-refractivity contribution in [2.75, 3.05) is 19.6 Å². The predicted molar refractivity (Wildman–Crippen MR) is 150 cm³/mol. The highest BCUT2D eigenvalue weighted by atomic mass is 16.2. The number of quaternary nitrogens is 1. The third-order valence-electron chi connectivity index (χ3n) is 8.78. The number of benzene rings is 1.